The van der Waals surface area contributed by atoms with Crippen LogP contribution >= 0.6 is 0 Å². The van der Waals surface area contributed by atoms with Gasteiger partial charge in [0, 0.05) is 5.56 Å². The van der Waals surface area contributed by atoms with Crippen molar-refractivity contribution in [2.75, 3.05) is 0 Å². The van der Waals surface area contributed by atoms with Gasteiger partial charge in [0.05, 0.1) is 11.1 Å². The molecule has 2 aromatic rings. The molecular formula is C23H24F2O2. The zero-order valence-corrected chi connectivity index (χ0v) is 16.4. The first kappa shape index (κ1) is 19.4. The lowest BCUT2D eigenvalue weighted by Gasteiger charge is -2.42. The van der Waals surface area contributed by atoms with Crippen molar-refractivity contribution in [2.24, 2.45) is 0 Å². The summed E-state index contributed by atoms with van der Waals surface area (Å²) in [5, 5.41) is 0. The smallest absolute Gasteiger partial charge is 0.196 e. The van der Waals surface area contributed by atoms with Gasteiger partial charge in [-0.2, -0.15) is 0 Å². The molecule has 0 bridgehead atoms. The maximum Gasteiger partial charge on any atom is 0.196 e. The molecule has 2 aromatic carbocycles. The van der Waals surface area contributed by atoms with E-state index < -0.39 is 23.0 Å². The third kappa shape index (κ3) is 3.11. The third-order valence-corrected chi connectivity index (χ3v) is 5.93. The first-order valence-corrected chi connectivity index (χ1v) is 9.13. The summed E-state index contributed by atoms with van der Waals surface area (Å²) in [6.07, 6.45) is 2.27. The molecule has 142 valence electrons. The zero-order valence-electron chi connectivity index (χ0n) is 16.4. The lowest BCUT2D eigenvalue weighted by molar-refractivity contribution is 0.103. The summed E-state index contributed by atoms with van der Waals surface area (Å²) in [7, 11) is 0. The minimum absolute atomic E-state index is 0.000157. The van der Waals surface area contributed by atoms with E-state index in [4.69, 9.17) is 0 Å². The van der Waals surface area contributed by atoms with Crippen molar-refractivity contribution >= 4 is 12.1 Å². The maximum atomic E-state index is 14.4. The molecule has 0 aliphatic heterocycles. The topological polar surface area (TPSA) is 34.1 Å². The highest BCUT2D eigenvalue weighted by Crippen LogP contribution is 2.46. The maximum absolute atomic E-state index is 14.4. The van der Waals surface area contributed by atoms with Gasteiger partial charge in [-0.3, -0.25) is 9.59 Å². The van der Waals surface area contributed by atoms with Crippen molar-refractivity contribution in [1.82, 2.24) is 0 Å². The van der Waals surface area contributed by atoms with E-state index in [1.54, 1.807) is 0 Å². The van der Waals surface area contributed by atoms with Crippen molar-refractivity contribution in [2.45, 2.75) is 58.3 Å². The highest BCUT2D eigenvalue weighted by Gasteiger charge is 2.38. The van der Waals surface area contributed by atoms with Crippen LogP contribution in [0.4, 0.5) is 8.78 Å². The summed E-state index contributed by atoms with van der Waals surface area (Å²) in [5.74, 6) is -3.13. The van der Waals surface area contributed by atoms with Crippen molar-refractivity contribution in [3.63, 3.8) is 0 Å². The number of rotatable bonds is 3. The van der Waals surface area contributed by atoms with Gasteiger partial charge in [0.15, 0.2) is 23.7 Å². The van der Waals surface area contributed by atoms with Crippen LogP contribution in [-0.4, -0.2) is 12.1 Å². The van der Waals surface area contributed by atoms with Crippen LogP contribution in [0.5, 0.6) is 0 Å². The van der Waals surface area contributed by atoms with Crippen LogP contribution in [0.3, 0.4) is 0 Å². The normalized spacial score (nSPS) is 17.3. The number of hydrogen-bond acceptors (Lipinski definition) is 2. The average molecular weight is 370 g/mol. The molecule has 2 nitrogen and oxygen atoms in total. The van der Waals surface area contributed by atoms with Crippen molar-refractivity contribution in [3.8, 4) is 0 Å². The van der Waals surface area contributed by atoms with E-state index in [-0.39, 0.29) is 22.7 Å². The highest BCUT2D eigenvalue weighted by atomic mass is 19.2. The van der Waals surface area contributed by atoms with Crippen LogP contribution in [0, 0.1) is 18.6 Å². The van der Waals surface area contributed by atoms with Crippen LogP contribution in [0.25, 0.3) is 0 Å². The second-order valence-corrected chi connectivity index (χ2v) is 8.76. The predicted octanol–water partition coefficient (Wildman–Crippen LogP) is 5.67. The second kappa shape index (κ2) is 6.36. The Hall–Kier alpha value is -2.36. The fourth-order valence-electron chi connectivity index (χ4n) is 3.94. The summed E-state index contributed by atoms with van der Waals surface area (Å²) in [4.78, 5) is 23.8. The molecule has 0 saturated carbocycles. The number of benzene rings is 2. The highest BCUT2D eigenvalue weighted by molar-refractivity contribution is 6.10. The molecular weight excluding hydrogens is 346 g/mol. The Labute approximate surface area is 158 Å². The summed E-state index contributed by atoms with van der Waals surface area (Å²) in [6, 6.07) is 6.17. The molecule has 0 saturated heterocycles. The Balaban J connectivity index is 2.18. The minimum atomic E-state index is -1.28. The number of fused-ring (bicyclic) bond motifs is 1. The number of carbonyl (C=O) groups is 2. The molecule has 4 heteroatoms. The van der Waals surface area contributed by atoms with E-state index in [1.165, 1.54) is 11.6 Å². The van der Waals surface area contributed by atoms with Gasteiger partial charge < -0.3 is 0 Å². The van der Waals surface area contributed by atoms with E-state index in [9.17, 15) is 18.4 Å². The first-order valence-electron chi connectivity index (χ1n) is 9.13. The predicted molar refractivity (Wildman–Crippen MR) is 102 cm³/mol. The van der Waals surface area contributed by atoms with Crippen LogP contribution in [0.15, 0.2) is 24.3 Å². The summed E-state index contributed by atoms with van der Waals surface area (Å²) in [6.45, 7) is 10.5. The van der Waals surface area contributed by atoms with Crippen molar-refractivity contribution in [3.05, 3.63) is 69.3 Å². The van der Waals surface area contributed by atoms with Gasteiger partial charge in [-0.05, 0) is 65.5 Å². The van der Waals surface area contributed by atoms with E-state index in [1.807, 2.05) is 19.1 Å². The fraction of sp³-hybridized carbons (Fsp3) is 0.391. The molecule has 0 heterocycles. The second-order valence-electron chi connectivity index (χ2n) is 8.76. The third-order valence-electron chi connectivity index (χ3n) is 5.93. The number of hydrogen-bond donors (Lipinski definition) is 0. The Kier molecular flexibility index (Phi) is 4.57. The van der Waals surface area contributed by atoms with Gasteiger partial charge in [0.25, 0.3) is 0 Å². The largest absolute Gasteiger partial charge is 0.298 e. The molecule has 27 heavy (non-hydrogen) atoms. The molecule has 0 radical (unpaired) electrons. The number of ketones is 1. The van der Waals surface area contributed by atoms with E-state index in [0.717, 1.165) is 30.0 Å². The van der Waals surface area contributed by atoms with Gasteiger partial charge in [0.1, 0.15) is 0 Å². The lowest BCUT2D eigenvalue weighted by Crippen LogP contribution is -2.34. The Bertz CT molecular complexity index is 955. The molecule has 0 atom stereocenters. The number of aryl methyl sites for hydroxylation is 1. The van der Waals surface area contributed by atoms with Crippen LogP contribution < -0.4 is 0 Å². The lowest BCUT2D eigenvalue weighted by atomic mass is 9.62. The molecule has 0 N–H and O–H groups in total. The standard InChI is InChI=1S/C23H24F2O2/c1-13-10-17-18(23(4,5)9-8-22(17,2)3)11-16(13)21(27)15-7-6-14(12-26)19(24)20(15)25/h6-7,10-12H,8-9H2,1-5H3. The molecule has 3 rings (SSSR count). The van der Waals surface area contributed by atoms with Crippen LogP contribution in [-0.2, 0) is 10.8 Å². The molecule has 1 aliphatic carbocycles. The Morgan fingerprint density at radius 2 is 1.48 bits per heavy atom. The SMILES string of the molecule is Cc1cc2c(cc1C(=O)c1ccc(C=O)c(F)c1F)C(C)(C)CCC2(C)C. The van der Waals surface area contributed by atoms with Gasteiger partial charge in [-0.15, -0.1) is 0 Å². The molecule has 1 aliphatic rings. The molecule has 0 fully saturated rings. The van der Waals surface area contributed by atoms with Gasteiger partial charge in [-0.1, -0.05) is 33.8 Å². The fourth-order valence-corrected chi connectivity index (χ4v) is 3.94. The molecule has 0 unspecified atom stereocenters. The first-order chi connectivity index (χ1) is 12.5. The minimum Gasteiger partial charge on any atom is -0.298 e. The molecule has 0 amide bonds. The summed E-state index contributed by atoms with van der Waals surface area (Å²) in [5.41, 5.74) is 2.55. The molecule has 0 spiro atoms. The van der Waals surface area contributed by atoms with Gasteiger partial charge >= 0.3 is 0 Å². The number of carbonyl (C=O) groups excluding carboxylic acids is 2. The summed E-state index contributed by atoms with van der Waals surface area (Å²) >= 11 is 0. The van der Waals surface area contributed by atoms with Crippen LogP contribution in [0.1, 0.15) is 83.5 Å². The number of aldehydes is 1. The van der Waals surface area contributed by atoms with Crippen molar-refractivity contribution in [1.29, 1.82) is 0 Å². The van der Waals surface area contributed by atoms with E-state index >= 15 is 0 Å². The number of halogens is 2. The Morgan fingerprint density at radius 1 is 0.926 bits per heavy atom. The molecule has 0 aromatic heterocycles. The monoisotopic (exact) mass is 370 g/mol. The van der Waals surface area contributed by atoms with Crippen LogP contribution in [0.2, 0.25) is 0 Å². The van der Waals surface area contributed by atoms with Gasteiger partial charge in [-0.25, -0.2) is 8.78 Å². The van der Waals surface area contributed by atoms with Crippen molar-refractivity contribution < 1.29 is 18.4 Å². The average Bonchev–Trinajstić information content (AvgIpc) is 2.60. The van der Waals surface area contributed by atoms with E-state index in [2.05, 4.69) is 27.7 Å². The Morgan fingerprint density at radius 3 is 2.04 bits per heavy atom. The van der Waals surface area contributed by atoms with E-state index in [0.29, 0.717) is 5.56 Å². The quantitative estimate of drug-likeness (QED) is 0.516. The summed E-state index contributed by atoms with van der Waals surface area (Å²) < 4.78 is 28.4. The van der Waals surface area contributed by atoms with Gasteiger partial charge in [0.2, 0.25) is 0 Å². The zero-order chi connectivity index (χ0) is 20.1.